The zero-order chi connectivity index (χ0) is 17.9. The van der Waals surface area contributed by atoms with Crippen LogP contribution in [0.2, 0.25) is 0 Å². The highest BCUT2D eigenvalue weighted by molar-refractivity contribution is 6.21. The zero-order valence-corrected chi connectivity index (χ0v) is 14.2. The average molecular weight is 351 g/mol. The summed E-state index contributed by atoms with van der Waals surface area (Å²) in [6.07, 6.45) is 3.69. The average Bonchev–Trinajstić information content (AvgIpc) is 3.24. The lowest BCUT2D eigenvalue weighted by Gasteiger charge is -2.14. The lowest BCUT2D eigenvalue weighted by molar-refractivity contribution is -0.117. The number of aromatic nitrogens is 1. The minimum atomic E-state index is -0.528. The van der Waals surface area contributed by atoms with Gasteiger partial charge in [-0.2, -0.15) is 0 Å². The van der Waals surface area contributed by atoms with Gasteiger partial charge < -0.3 is 14.8 Å². The second-order valence-corrected chi connectivity index (χ2v) is 7.00. The summed E-state index contributed by atoms with van der Waals surface area (Å²) in [7, 11) is 0. The molecule has 1 aromatic heterocycles. The van der Waals surface area contributed by atoms with Crippen LogP contribution >= 0.6 is 0 Å². The van der Waals surface area contributed by atoms with E-state index in [1.165, 1.54) is 6.20 Å². The standard InChI is InChI=1S/C19H17N3O4/c1-11-17(23)22(18(24)21-11)12-5-6-15(20-9-12)26-14-4-2-3-13-16(14)19(7-8-19)10-25-13/h2-6,9,11H,7-8,10H2,1H3,(H,21,24). The van der Waals surface area contributed by atoms with Gasteiger partial charge in [-0.25, -0.2) is 14.7 Å². The number of ether oxygens (including phenoxy) is 2. The molecule has 1 saturated heterocycles. The van der Waals surface area contributed by atoms with Crippen molar-refractivity contribution in [1.29, 1.82) is 0 Å². The molecule has 3 aliphatic rings. The van der Waals surface area contributed by atoms with Crippen molar-refractivity contribution in [2.45, 2.75) is 31.2 Å². The number of anilines is 1. The van der Waals surface area contributed by atoms with Gasteiger partial charge in [0.25, 0.3) is 5.91 Å². The number of rotatable bonds is 3. The van der Waals surface area contributed by atoms with E-state index in [9.17, 15) is 9.59 Å². The van der Waals surface area contributed by atoms with Crippen molar-refractivity contribution >= 4 is 17.6 Å². The van der Waals surface area contributed by atoms with Gasteiger partial charge in [0.05, 0.1) is 18.5 Å². The molecule has 5 rings (SSSR count). The number of carbonyl (C=O) groups is 2. The lowest BCUT2D eigenvalue weighted by Crippen LogP contribution is -2.30. The number of hydrogen-bond acceptors (Lipinski definition) is 5. The van der Waals surface area contributed by atoms with E-state index in [-0.39, 0.29) is 11.3 Å². The predicted octanol–water partition coefficient (Wildman–Crippen LogP) is 2.74. The van der Waals surface area contributed by atoms with Crippen LogP contribution < -0.4 is 19.7 Å². The molecule has 7 heteroatoms. The fourth-order valence-electron chi connectivity index (χ4n) is 3.60. The third-order valence-electron chi connectivity index (χ3n) is 5.20. The number of benzene rings is 1. The first-order valence-electron chi connectivity index (χ1n) is 8.62. The summed E-state index contributed by atoms with van der Waals surface area (Å²) >= 11 is 0. The quantitative estimate of drug-likeness (QED) is 0.860. The summed E-state index contributed by atoms with van der Waals surface area (Å²) in [5, 5.41) is 2.58. The Morgan fingerprint density at radius 3 is 2.77 bits per heavy atom. The molecule has 1 saturated carbocycles. The molecule has 0 bridgehead atoms. The fraction of sp³-hybridized carbons (Fsp3) is 0.316. The van der Waals surface area contributed by atoms with Gasteiger partial charge in [0.2, 0.25) is 5.88 Å². The maximum Gasteiger partial charge on any atom is 0.329 e. The second-order valence-electron chi connectivity index (χ2n) is 7.00. The number of pyridine rings is 1. The Labute approximate surface area is 149 Å². The third kappa shape index (κ3) is 2.16. The van der Waals surface area contributed by atoms with Crippen LogP contribution in [0.1, 0.15) is 25.3 Å². The van der Waals surface area contributed by atoms with E-state index >= 15 is 0 Å². The number of urea groups is 1. The second kappa shape index (κ2) is 5.20. The Morgan fingerprint density at radius 2 is 2.12 bits per heavy atom. The van der Waals surface area contributed by atoms with Gasteiger partial charge in [-0.1, -0.05) is 6.07 Å². The molecule has 1 unspecified atom stereocenters. The Hall–Kier alpha value is -3.09. The highest BCUT2D eigenvalue weighted by Gasteiger charge is 2.52. The van der Waals surface area contributed by atoms with E-state index in [0.717, 1.165) is 34.8 Å². The van der Waals surface area contributed by atoms with Crippen LogP contribution in [0, 0.1) is 0 Å². The van der Waals surface area contributed by atoms with E-state index in [0.29, 0.717) is 18.2 Å². The Bertz CT molecular complexity index is 921. The first-order valence-corrected chi connectivity index (χ1v) is 8.62. The van der Waals surface area contributed by atoms with E-state index < -0.39 is 12.1 Å². The van der Waals surface area contributed by atoms with Gasteiger partial charge in [-0.15, -0.1) is 0 Å². The maximum absolute atomic E-state index is 12.1. The topological polar surface area (TPSA) is 80.8 Å². The van der Waals surface area contributed by atoms with Gasteiger partial charge in [0, 0.05) is 17.0 Å². The van der Waals surface area contributed by atoms with Crippen molar-refractivity contribution in [3.8, 4) is 17.4 Å². The van der Waals surface area contributed by atoms with Crippen molar-refractivity contribution in [1.82, 2.24) is 10.3 Å². The molecule has 132 valence electrons. The number of carbonyl (C=O) groups excluding carboxylic acids is 2. The van der Waals surface area contributed by atoms with Crippen LogP contribution in [0.5, 0.6) is 17.4 Å². The van der Waals surface area contributed by atoms with Crippen molar-refractivity contribution in [3.05, 3.63) is 42.1 Å². The van der Waals surface area contributed by atoms with Crippen molar-refractivity contribution in [2.75, 3.05) is 11.5 Å². The van der Waals surface area contributed by atoms with Crippen LogP contribution in [-0.2, 0) is 10.2 Å². The van der Waals surface area contributed by atoms with Crippen molar-refractivity contribution in [2.24, 2.45) is 0 Å². The number of imide groups is 1. The van der Waals surface area contributed by atoms with Gasteiger partial charge >= 0.3 is 6.03 Å². The first-order chi connectivity index (χ1) is 12.6. The van der Waals surface area contributed by atoms with E-state index in [4.69, 9.17) is 9.47 Å². The van der Waals surface area contributed by atoms with E-state index in [1.807, 2.05) is 18.2 Å². The summed E-state index contributed by atoms with van der Waals surface area (Å²) in [5.41, 5.74) is 1.64. The van der Waals surface area contributed by atoms with Crippen LogP contribution in [0.25, 0.3) is 0 Å². The number of nitrogens with one attached hydrogen (secondary N) is 1. The molecule has 1 aliphatic carbocycles. The Morgan fingerprint density at radius 1 is 1.27 bits per heavy atom. The predicted molar refractivity (Wildman–Crippen MR) is 92.6 cm³/mol. The summed E-state index contributed by atoms with van der Waals surface area (Å²) < 4.78 is 11.8. The molecule has 26 heavy (non-hydrogen) atoms. The monoisotopic (exact) mass is 351 g/mol. The molecule has 0 radical (unpaired) electrons. The molecule has 7 nitrogen and oxygen atoms in total. The number of nitrogens with zero attached hydrogens (tertiary/aromatic N) is 2. The minimum absolute atomic E-state index is 0.0993. The largest absolute Gasteiger partial charge is 0.492 e. The van der Waals surface area contributed by atoms with E-state index in [1.54, 1.807) is 19.1 Å². The molecule has 3 amide bonds. The number of amides is 3. The first kappa shape index (κ1) is 15.2. The molecular weight excluding hydrogens is 334 g/mol. The molecule has 2 aliphatic heterocycles. The highest BCUT2D eigenvalue weighted by atomic mass is 16.5. The third-order valence-corrected chi connectivity index (χ3v) is 5.20. The van der Waals surface area contributed by atoms with Gasteiger partial charge in [-0.3, -0.25) is 4.79 Å². The highest BCUT2D eigenvalue weighted by Crippen LogP contribution is 2.58. The molecule has 3 heterocycles. The molecule has 1 atom stereocenters. The van der Waals surface area contributed by atoms with Crippen LogP contribution in [-0.4, -0.2) is 29.6 Å². The molecule has 1 aromatic carbocycles. The summed E-state index contributed by atoms with van der Waals surface area (Å²) in [6.45, 7) is 2.36. The maximum atomic E-state index is 12.1. The smallest absolute Gasteiger partial charge is 0.329 e. The van der Waals surface area contributed by atoms with Crippen LogP contribution in [0.3, 0.4) is 0 Å². The van der Waals surface area contributed by atoms with Gasteiger partial charge in [-0.05, 0) is 38.0 Å². The van der Waals surface area contributed by atoms with Crippen LogP contribution in [0.15, 0.2) is 36.5 Å². The molecule has 2 fully saturated rings. The summed E-state index contributed by atoms with van der Waals surface area (Å²) in [6, 6.07) is 8.13. The molecule has 2 aromatic rings. The normalized spacial score (nSPS) is 22.2. The van der Waals surface area contributed by atoms with E-state index in [2.05, 4.69) is 10.3 Å². The minimum Gasteiger partial charge on any atom is -0.492 e. The van der Waals surface area contributed by atoms with Crippen molar-refractivity contribution < 1.29 is 19.1 Å². The molecule has 1 spiro atoms. The zero-order valence-electron chi connectivity index (χ0n) is 14.2. The molecule has 1 N–H and O–H groups in total. The molecular formula is C19H17N3O4. The lowest BCUT2D eigenvalue weighted by atomic mass is 9.97. The Kier molecular flexibility index (Phi) is 3.04. The fourth-order valence-corrected chi connectivity index (χ4v) is 3.60. The number of hydrogen-bond donors (Lipinski definition) is 1. The SMILES string of the molecule is CC1NC(=O)N(c2ccc(Oc3cccc4c3C3(CC3)CO4)nc2)C1=O. The van der Waals surface area contributed by atoms with Gasteiger partial charge in [0.15, 0.2) is 0 Å². The van der Waals surface area contributed by atoms with Crippen LogP contribution in [0.4, 0.5) is 10.5 Å². The number of fused-ring (bicyclic) bond motifs is 2. The summed E-state index contributed by atoms with van der Waals surface area (Å²) in [5.74, 6) is 1.75. The van der Waals surface area contributed by atoms with Gasteiger partial charge in [0.1, 0.15) is 17.5 Å². The summed E-state index contributed by atoms with van der Waals surface area (Å²) in [4.78, 5) is 29.3. The Balaban J connectivity index is 1.41. The van der Waals surface area contributed by atoms with Crippen molar-refractivity contribution in [3.63, 3.8) is 0 Å².